The summed E-state index contributed by atoms with van der Waals surface area (Å²) in [5, 5.41) is 8.60. The Morgan fingerprint density at radius 3 is 2.60 bits per heavy atom. The van der Waals surface area contributed by atoms with Gasteiger partial charge < -0.3 is 10.8 Å². The molecule has 10 heavy (non-hydrogen) atoms. The average Bonchev–Trinajstić information content (AvgIpc) is 2.10. The summed E-state index contributed by atoms with van der Waals surface area (Å²) in [5.41, 5.74) is 5.55. The highest BCUT2D eigenvalue weighted by molar-refractivity contribution is 5.73. The number of likely N-dealkylation sites (N-methyl/N-ethyl adjacent to an activating group) is 1. The number of carboxylic acid groups (broad SMARTS) is 1. The van der Waals surface area contributed by atoms with Crippen LogP contribution in [0.15, 0.2) is 0 Å². The molecule has 0 aliphatic carbocycles. The highest BCUT2D eigenvalue weighted by Crippen LogP contribution is 2.13. The molecule has 0 amide bonds. The Balaban J connectivity index is 2.54. The highest BCUT2D eigenvalue weighted by Gasteiger charge is 2.31. The van der Waals surface area contributed by atoms with Crippen molar-refractivity contribution < 1.29 is 9.90 Å². The average molecular weight is 144 g/mol. The number of hydrogen-bond acceptors (Lipinski definition) is 3. The topological polar surface area (TPSA) is 66.6 Å². The van der Waals surface area contributed by atoms with Crippen LogP contribution in [0.25, 0.3) is 0 Å². The van der Waals surface area contributed by atoms with Crippen LogP contribution in [0.4, 0.5) is 0 Å². The summed E-state index contributed by atoms with van der Waals surface area (Å²) in [6, 6.07) is -0.332. The molecule has 58 valence electrons. The Morgan fingerprint density at radius 2 is 2.40 bits per heavy atom. The third-order valence-electron chi connectivity index (χ3n) is 1.87. The molecule has 1 aliphatic rings. The number of rotatable bonds is 1. The van der Waals surface area contributed by atoms with Gasteiger partial charge in [-0.3, -0.25) is 9.69 Å². The van der Waals surface area contributed by atoms with E-state index in [0.717, 1.165) is 0 Å². The summed E-state index contributed by atoms with van der Waals surface area (Å²) >= 11 is 0. The summed E-state index contributed by atoms with van der Waals surface area (Å²) < 4.78 is 0. The highest BCUT2D eigenvalue weighted by atomic mass is 16.4. The fourth-order valence-electron chi connectivity index (χ4n) is 1.33. The molecule has 0 spiro atoms. The summed E-state index contributed by atoms with van der Waals surface area (Å²) in [6.45, 7) is 0.691. The van der Waals surface area contributed by atoms with E-state index in [9.17, 15) is 4.79 Å². The summed E-state index contributed by atoms with van der Waals surface area (Å²) in [4.78, 5) is 12.2. The van der Waals surface area contributed by atoms with E-state index in [1.165, 1.54) is 0 Å². The quantitative estimate of drug-likeness (QED) is 0.500. The first-order valence-electron chi connectivity index (χ1n) is 3.30. The van der Waals surface area contributed by atoms with Crippen LogP contribution in [0.5, 0.6) is 0 Å². The Kier molecular flexibility index (Phi) is 1.92. The first-order chi connectivity index (χ1) is 4.61. The van der Waals surface area contributed by atoms with Crippen molar-refractivity contribution in [3.8, 4) is 0 Å². The predicted octanol–water partition coefficient (Wildman–Crippen LogP) is -0.898. The van der Waals surface area contributed by atoms with Gasteiger partial charge in [-0.1, -0.05) is 0 Å². The smallest absolute Gasteiger partial charge is 0.320 e. The van der Waals surface area contributed by atoms with Gasteiger partial charge in [-0.15, -0.1) is 0 Å². The van der Waals surface area contributed by atoms with Gasteiger partial charge in [0.15, 0.2) is 0 Å². The van der Waals surface area contributed by atoms with Gasteiger partial charge >= 0.3 is 5.97 Å². The molecule has 0 saturated carbocycles. The zero-order chi connectivity index (χ0) is 7.72. The fraction of sp³-hybridized carbons (Fsp3) is 0.833. The molecule has 2 atom stereocenters. The van der Waals surface area contributed by atoms with E-state index in [1.807, 2.05) is 0 Å². The van der Waals surface area contributed by atoms with Crippen molar-refractivity contribution >= 4 is 5.97 Å². The lowest BCUT2D eigenvalue weighted by molar-refractivity contribution is -0.141. The van der Waals surface area contributed by atoms with Gasteiger partial charge in [-0.05, 0) is 13.5 Å². The van der Waals surface area contributed by atoms with Crippen LogP contribution in [0.3, 0.4) is 0 Å². The van der Waals surface area contributed by atoms with Crippen molar-refractivity contribution in [1.82, 2.24) is 4.90 Å². The number of nitrogens with zero attached hydrogens (tertiary/aromatic N) is 1. The molecule has 1 fully saturated rings. The minimum Gasteiger partial charge on any atom is -0.480 e. The lowest BCUT2D eigenvalue weighted by atomic mass is 10.2. The monoisotopic (exact) mass is 144 g/mol. The third-order valence-corrected chi connectivity index (χ3v) is 1.87. The molecule has 1 rings (SSSR count). The number of nitrogens with two attached hydrogens (primary N) is 1. The van der Waals surface area contributed by atoms with Gasteiger partial charge in [-0.25, -0.2) is 0 Å². The summed E-state index contributed by atoms with van der Waals surface area (Å²) in [6.07, 6.45) is 0.575. The second-order valence-electron chi connectivity index (χ2n) is 2.79. The first-order valence-corrected chi connectivity index (χ1v) is 3.30. The van der Waals surface area contributed by atoms with E-state index in [-0.39, 0.29) is 12.1 Å². The predicted molar refractivity (Wildman–Crippen MR) is 36.6 cm³/mol. The van der Waals surface area contributed by atoms with E-state index < -0.39 is 5.97 Å². The molecular weight excluding hydrogens is 132 g/mol. The van der Waals surface area contributed by atoms with Crippen LogP contribution in [0, 0.1) is 0 Å². The van der Waals surface area contributed by atoms with E-state index in [2.05, 4.69) is 0 Å². The molecule has 4 nitrogen and oxygen atoms in total. The molecule has 0 radical (unpaired) electrons. The molecule has 0 bridgehead atoms. The number of aliphatic carboxylic acids is 1. The van der Waals surface area contributed by atoms with Gasteiger partial charge in [0.1, 0.15) is 6.04 Å². The maximum atomic E-state index is 10.5. The second-order valence-corrected chi connectivity index (χ2v) is 2.79. The number of carboxylic acids is 1. The van der Waals surface area contributed by atoms with Gasteiger partial charge in [0.05, 0.1) is 0 Å². The molecule has 0 unspecified atom stereocenters. The molecule has 0 aromatic heterocycles. The maximum Gasteiger partial charge on any atom is 0.320 e. The van der Waals surface area contributed by atoms with Crippen LogP contribution in [-0.2, 0) is 4.79 Å². The molecule has 0 aromatic rings. The molecular formula is C6H12N2O2. The van der Waals surface area contributed by atoms with Crippen molar-refractivity contribution in [1.29, 1.82) is 0 Å². The standard InChI is InChI=1S/C6H12N2O2/c1-8-3-4(7)2-5(8)6(9)10/h4-5H,2-3,7H2,1H3,(H,9,10)/t4-,5-/m1/s1. The van der Waals surface area contributed by atoms with E-state index in [1.54, 1.807) is 11.9 Å². The van der Waals surface area contributed by atoms with Crippen LogP contribution in [0.2, 0.25) is 0 Å². The SMILES string of the molecule is CN1C[C@H](N)C[C@@H]1C(=O)O. The Morgan fingerprint density at radius 1 is 1.80 bits per heavy atom. The Hall–Kier alpha value is -0.610. The molecule has 1 aliphatic heterocycles. The van der Waals surface area contributed by atoms with Crippen molar-refractivity contribution in [2.24, 2.45) is 5.73 Å². The molecule has 3 N–H and O–H groups in total. The third kappa shape index (κ3) is 1.27. The lowest BCUT2D eigenvalue weighted by Gasteiger charge is -2.12. The van der Waals surface area contributed by atoms with E-state index >= 15 is 0 Å². The molecule has 1 heterocycles. The second kappa shape index (κ2) is 2.56. The largest absolute Gasteiger partial charge is 0.480 e. The Labute approximate surface area is 59.6 Å². The number of hydrogen-bond donors (Lipinski definition) is 2. The zero-order valence-corrected chi connectivity index (χ0v) is 5.95. The zero-order valence-electron chi connectivity index (χ0n) is 5.95. The minimum absolute atomic E-state index is 0.0334. The normalized spacial score (nSPS) is 34.6. The molecule has 0 aromatic carbocycles. The van der Waals surface area contributed by atoms with Gasteiger partial charge in [-0.2, -0.15) is 0 Å². The van der Waals surface area contributed by atoms with Gasteiger partial charge in [0, 0.05) is 12.6 Å². The lowest BCUT2D eigenvalue weighted by Crippen LogP contribution is -2.32. The Bertz CT molecular complexity index is 149. The molecule has 4 heteroatoms. The summed E-state index contributed by atoms with van der Waals surface area (Å²) in [5.74, 6) is -0.768. The van der Waals surface area contributed by atoms with Gasteiger partial charge in [0.25, 0.3) is 0 Å². The van der Waals surface area contributed by atoms with Gasteiger partial charge in [0.2, 0.25) is 0 Å². The van der Waals surface area contributed by atoms with Crippen molar-refractivity contribution in [3.63, 3.8) is 0 Å². The van der Waals surface area contributed by atoms with Crippen molar-refractivity contribution in [2.45, 2.75) is 18.5 Å². The maximum absolute atomic E-state index is 10.5. The fourth-order valence-corrected chi connectivity index (χ4v) is 1.33. The van der Waals surface area contributed by atoms with Crippen LogP contribution in [-0.4, -0.2) is 41.7 Å². The van der Waals surface area contributed by atoms with Crippen molar-refractivity contribution in [2.75, 3.05) is 13.6 Å². The number of carbonyl (C=O) groups is 1. The van der Waals surface area contributed by atoms with Crippen LogP contribution < -0.4 is 5.73 Å². The first kappa shape index (κ1) is 7.50. The van der Waals surface area contributed by atoms with Crippen LogP contribution >= 0.6 is 0 Å². The summed E-state index contributed by atoms with van der Waals surface area (Å²) in [7, 11) is 1.78. The van der Waals surface area contributed by atoms with E-state index in [0.29, 0.717) is 13.0 Å². The van der Waals surface area contributed by atoms with Crippen molar-refractivity contribution in [3.05, 3.63) is 0 Å². The molecule has 1 saturated heterocycles. The number of likely N-dealkylation sites (tertiary alicyclic amines) is 1. The van der Waals surface area contributed by atoms with E-state index in [4.69, 9.17) is 10.8 Å². The minimum atomic E-state index is -0.768. The van der Waals surface area contributed by atoms with Crippen LogP contribution in [0.1, 0.15) is 6.42 Å².